The normalized spacial score (nSPS) is 13.5. The number of phenols is 1. The standard InChI is InChI=1S/C30H25N3O4/c1-17(2)18-9-11-19(12-10-18)20-13-14-24-26(16-20)31-29(35)27(24)33-32-25-8-4-7-23(28(25)34)21-5-3-6-22(15-21)30(36)37/h3-17,32,34H,1-2H3,(H,36,37)(H,31,33,35). The molecule has 37 heavy (non-hydrogen) atoms. The van der Waals surface area contributed by atoms with Crippen LogP contribution in [0.1, 0.15) is 41.3 Å². The van der Waals surface area contributed by atoms with E-state index in [2.05, 4.69) is 54.0 Å². The van der Waals surface area contributed by atoms with E-state index in [9.17, 15) is 19.8 Å². The van der Waals surface area contributed by atoms with Gasteiger partial charge < -0.3 is 15.5 Å². The number of hydrogen-bond acceptors (Lipinski definition) is 5. The van der Waals surface area contributed by atoms with Crippen LogP contribution in [0.4, 0.5) is 11.4 Å². The highest BCUT2D eigenvalue weighted by Gasteiger charge is 2.26. The number of carboxylic acids is 1. The van der Waals surface area contributed by atoms with Gasteiger partial charge >= 0.3 is 5.97 Å². The van der Waals surface area contributed by atoms with Crippen LogP contribution in [0.3, 0.4) is 0 Å². The minimum absolute atomic E-state index is 0.104. The first-order valence-corrected chi connectivity index (χ1v) is 11.9. The molecule has 0 aromatic heterocycles. The Hall–Kier alpha value is -4.91. The summed E-state index contributed by atoms with van der Waals surface area (Å²) in [6.07, 6.45) is 0. The van der Waals surface area contributed by atoms with Crippen molar-refractivity contribution in [3.8, 4) is 28.0 Å². The van der Waals surface area contributed by atoms with Gasteiger partial charge in [0.25, 0.3) is 5.91 Å². The lowest BCUT2D eigenvalue weighted by molar-refractivity contribution is -0.110. The Morgan fingerprint density at radius 2 is 1.59 bits per heavy atom. The number of para-hydroxylation sites is 1. The molecule has 0 saturated carbocycles. The molecule has 0 radical (unpaired) electrons. The number of benzene rings is 4. The van der Waals surface area contributed by atoms with Crippen LogP contribution in [0.25, 0.3) is 22.3 Å². The number of aromatic carboxylic acids is 1. The smallest absolute Gasteiger partial charge is 0.335 e. The van der Waals surface area contributed by atoms with Crippen molar-refractivity contribution < 1.29 is 19.8 Å². The molecule has 7 nitrogen and oxygen atoms in total. The Morgan fingerprint density at radius 3 is 2.32 bits per heavy atom. The second kappa shape index (κ2) is 9.62. The largest absolute Gasteiger partial charge is 0.505 e. The number of carbonyl (C=O) groups excluding carboxylic acids is 1. The number of aromatic hydroxyl groups is 1. The highest BCUT2D eigenvalue weighted by atomic mass is 16.4. The zero-order valence-corrected chi connectivity index (χ0v) is 20.3. The average molecular weight is 492 g/mol. The topological polar surface area (TPSA) is 111 Å². The number of carbonyl (C=O) groups is 2. The molecule has 0 bridgehead atoms. The number of fused-ring (bicyclic) bond motifs is 1. The summed E-state index contributed by atoms with van der Waals surface area (Å²) in [5.41, 5.74) is 9.02. The quantitative estimate of drug-likeness (QED) is 0.186. The van der Waals surface area contributed by atoms with Gasteiger partial charge in [-0.1, -0.05) is 68.4 Å². The van der Waals surface area contributed by atoms with Crippen LogP contribution < -0.4 is 10.7 Å². The van der Waals surface area contributed by atoms with Crippen molar-refractivity contribution >= 4 is 29.0 Å². The van der Waals surface area contributed by atoms with Crippen LogP contribution in [0.2, 0.25) is 0 Å². The van der Waals surface area contributed by atoms with Crippen molar-refractivity contribution in [3.63, 3.8) is 0 Å². The summed E-state index contributed by atoms with van der Waals surface area (Å²) in [5.74, 6) is -1.05. The number of hydrazone groups is 1. The molecule has 0 fully saturated rings. The minimum atomic E-state index is -1.05. The molecule has 4 N–H and O–H groups in total. The van der Waals surface area contributed by atoms with Gasteiger partial charge in [-0.25, -0.2) is 4.79 Å². The zero-order valence-electron chi connectivity index (χ0n) is 20.3. The molecule has 4 aromatic rings. The summed E-state index contributed by atoms with van der Waals surface area (Å²) in [6, 6.07) is 25.4. The number of hydrogen-bond donors (Lipinski definition) is 4. The monoisotopic (exact) mass is 491 g/mol. The van der Waals surface area contributed by atoms with Gasteiger partial charge in [0.15, 0.2) is 5.71 Å². The Balaban J connectivity index is 1.41. The van der Waals surface area contributed by atoms with E-state index in [-0.39, 0.29) is 28.6 Å². The average Bonchev–Trinajstić information content (AvgIpc) is 3.22. The summed E-state index contributed by atoms with van der Waals surface area (Å²) < 4.78 is 0. The Morgan fingerprint density at radius 1 is 0.865 bits per heavy atom. The van der Waals surface area contributed by atoms with E-state index in [0.717, 1.165) is 11.1 Å². The zero-order chi connectivity index (χ0) is 26.1. The van der Waals surface area contributed by atoms with Crippen molar-refractivity contribution in [2.24, 2.45) is 5.10 Å². The molecule has 4 aromatic carbocycles. The van der Waals surface area contributed by atoms with Crippen molar-refractivity contribution in [1.29, 1.82) is 0 Å². The highest BCUT2D eigenvalue weighted by Crippen LogP contribution is 2.36. The molecule has 5 rings (SSSR count). The number of amides is 1. The number of carboxylic acid groups (broad SMARTS) is 1. The highest BCUT2D eigenvalue weighted by molar-refractivity contribution is 6.54. The number of phenolic OH excluding ortho intramolecular Hbond substituents is 1. The van der Waals surface area contributed by atoms with Gasteiger partial charge in [-0.2, -0.15) is 5.10 Å². The molecule has 0 aliphatic carbocycles. The second-order valence-corrected chi connectivity index (χ2v) is 9.15. The van der Waals surface area contributed by atoms with Crippen molar-refractivity contribution in [1.82, 2.24) is 0 Å². The van der Waals surface area contributed by atoms with Crippen molar-refractivity contribution in [2.75, 3.05) is 10.7 Å². The van der Waals surface area contributed by atoms with Crippen molar-refractivity contribution in [3.05, 3.63) is 102 Å². The van der Waals surface area contributed by atoms with Gasteiger partial charge in [0, 0.05) is 11.1 Å². The van der Waals surface area contributed by atoms with E-state index < -0.39 is 5.97 Å². The van der Waals surface area contributed by atoms with E-state index in [4.69, 9.17) is 0 Å². The van der Waals surface area contributed by atoms with Gasteiger partial charge in [0.05, 0.1) is 16.9 Å². The fourth-order valence-corrected chi connectivity index (χ4v) is 4.31. The third kappa shape index (κ3) is 4.67. The molecule has 0 saturated heterocycles. The maximum atomic E-state index is 12.7. The lowest BCUT2D eigenvalue weighted by atomic mass is 9.97. The first-order valence-electron chi connectivity index (χ1n) is 11.9. The summed E-state index contributed by atoms with van der Waals surface area (Å²) in [7, 11) is 0. The summed E-state index contributed by atoms with van der Waals surface area (Å²) >= 11 is 0. The maximum Gasteiger partial charge on any atom is 0.335 e. The molecular weight excluding hydrogens is 466 g/mol. The molecule has 0 unspecified atom stereocenters. The Kier molecular flexibility index (Phi) is 6.19. The Labute approximate surface area is 214 Å². The van der Waals surface area contributed by atoms with E-state index in [1.807, 2.05) is 18.2 Å². The maximum absolute atomic E-state index is 12.7. The van der Waals surface area contributed by atoms with E-state index in [1.165, 1.54) is 17.7 Å². The molecule has 1 aliphatic heterocycles. The summed E-state index contributed by atoms with van der Waals surface area (Å²) in [4.78, 5) is 24.0. The molecule has 0 atom stereocenters. The molecule has 1 heterocycles. The fraction of sp³-hybridized carbons (Fsp3) is 0.100. The minimum Gasteiger partial charge on any atom is -0.505 e. The first kappa shape index (κ1) is 23.8. The Bertz CT molecular complexity index is 1560. The van der Waals surface area contributed by atoms with Gasteiger partial charge in [0.1, 0.15) is 5.75 Å². The summed E-state index contributed by atoms with van der Waals surface area (Å²) in [6.45, 7) is 4.31. The number of nitrogens with one attached hydrogen (secondary N) is 2. The molecule has 1 aliphatic rings. The van der Waals surface area contributed by atoms with Gasteiger partial charge in [-0.05, 0) is 58.5 Å². The second-order valence-electron chi connectivity index (χ2n) is 9.15. The third-order valence-electron chi connectivity index (χ3n) is 6.39. The molecular formula is C30H25N3O4. The summed E-state index contributed by atoms with van der Waals surface area (Å²) in [5, 5.41) is 27.3. The number of nitrogens with zero attached hydrogens (tertiary/aromatic N) is 1. The lowest BCUT2D eigenvalue weighted by Gasteiger charge is -2.10. The van der Waals surface area contributed by atoms with Crippen LogP contribution in [-0.2, 0) is 4.79 Å². The van der Waals surface area contributed by atoms with E-state index in [1.54, 1.807) is 30.3 Å². The van der Waals surface area contributed by atoms with Crippen molar-refractivity contribution in [2.45, 2.75) is 19.8 Å². The number of rotatable bonds is 6. The molecule has 1 amide bonds. The van der Waals surface area contributed by atoms with Crippen LogP contribution in [0.5, 0.6) is 5.75 Å². The third-order valence-corrected chi connectivity index (χ3v) is 6.39. The van der Waals surface area contributed by atoms with E-state index in [0.29, 0.717) is 28.3 Å². The molecule has 184 valence electrons. The SMILES string of the molecule is CC(C)c1ccc(-c2ccc3c(c2)NC(=O)C3=NNc2cccc(-c3cccc(C(=O)O)c3)c2O)cc1. The van der Waals surface area contributed by atoms with Crippen LogP contribution >= 0.6 is 0 Å². The van der Waals surface area contributed by atoms with Gasteiger partial charge in [-0.3, -0.25) is 10.2 Å². The fourth-order valence-electron chi connectivity index (χ4n) is 4.31. The van der Waals surface area contributed by atoms with Crippen LogP contribution in [0.15, 0.2) is 90.0 Å². The van der Waals surface area contributed by atoms with Gasteiger partial charge in [0.2, 0.25) is 0 Å². The molecule has 7 heteroatoms. The predicted molar refractivity (Wildman–Crippen MR) is 145 cm³/mol. The first-order chi connectivity index (χ1) is 17.8. The lowest BCUT2D eigenvalue weighted by Crippen LogP contribution is -2.15. The number of anilines is 2. The van der Waals surface area contributed by atoms with Crippen LogP contribution in [-0.4, -0.2) is 27.8 Å². The molecule has 0 spiro atoms. The van der Waals surface area contributed by atoms with E-state index >= 15 is 0 Å². The van der Waals surface area contributed by atoms with Gasteiger partial charge in [-0.15, -0.1) is 0 Å². The van der Waals surface area contributed by atoms with Crippen LogP contribution in [0, 0.1) is 0 Å². The predicted octanol–water partition coefficient (Wildman–Crippen LogP) is 6.32.